The normalized spacial score (nSPS) is 14.2. The van der Waals surface area contributed by atoms with Crippen molar-refractivity contribution in [3.8, 4) is 0 Å². The zero-order chi connectivity index (χ0) is 14.2. The first kappa shape index (κ1) is 12.0. The third kappa shape index (κ3) is 2.05. The van der Waals surface area contributed by atoms with Gasteiger partial charge < -0.3 is 9.88 Å². The van der Waals surface area contributed by atoms with Crippen molar-refractivity contribution in [2.45, 2.75) is 13.0 Å². The van der Waals surface area contributed by atoms with E-state index in [0.717, 1.165) is 41.1 Å². The lowest BCUT2D eigenvalue weighted by molar-refractivity contribution is 0.689. The Morgan fingerprint density at radius 1 is 1.14 bits per heavy atom. The highest BCUT2D eigenvalue weighted by Gasteiger charge is 2.21. The van der Waals surface area contributed by atoms with Crippen molar-refractivity contribution in [2.24, 2.45) is 0 Å². The fourth-order valence-corrected chi connectivity index (χ4v) is 2.65. The third-order valence-corrected chi connectivity index (χ3v) is 3.77. The molecule has 1 aliphatic rings. The minimum Gasteiger partial charge on any atom is -0.350 e. The fraction of sp³-hybridized carbons (Fsp3) is 0.200. The van der Waals surface area contributed by atoms with Gasteiger partial charge in [-0.2, -0.15) is 0 Å². The lowest BCUT2D eigenvalue weighted by Crippen LogP contribution is -2.35. The molecule has 0 amide bonds. The Kier molecular flexibility index (Phi) is 2.67. The molecule has 0 radical (unpaired) electrons. The number of para-hydroxylation sites is 2. The van der Waals surface area contributed by atoms with Gasteiger partial charge in [0.1, 0.15) is 5.82 Å². The Hall–Kier alpha value is -2.76. The maximum atomic E-state index is 11.9. The number of aromatic nitrogens is 4. The maximum absolute atomic E-state index is 11.9. The number of hydrogen-bond acceptors (Lipinski definition) is 5. The second-order valence-corrected chi connectivity index (χ2v) is 5.05. The largest absolute Gasteiger partial charge is 0.350 e. The number of rotatable bonds is 1. The highest BCUT2D eigenvalue weighted by atomic mass is 16.1. The van der Waals surface area contributed by atoms with Gasteiger partial charge in [-0.15, -0.1) is 0 Å². The average molecular weight is 279 g/mol. The van der Waals surface area contributed by atoms with Gasteiger partial charge in [-0.25, -0.2) is 9.97 Å². The van der Waals surface area contributed by atoms with E-state index in [9.17, 15) is 4.79 Å². The highest BCUT2D eigenvalue weighted by Crippen LogP contribution is 2.20. The molecule has 2 aromatic heterocycles. The van der Waals surface area contributed by atoms with Gasteiger partial charge in [0.2, 0.25) is 0 Å². The molecule has 104 valence electrons. The predicted molar refractivity (Wildman–Crippen MR) is 79.1 cm³/mol. The van der Waals surface area contributed by atoms with Crippen molar-refractivity contribution >= 4 is 16.9 Å². The molecule has 0 spiro atoms. The molecule has 0 bridgehead atoms. The molecule has 3 aromatic rings. The molecule has 0 unspecified atom stereocenters. The van der Waals surface area contributed by atoms with Crippen LogP contribution in [0.15, 0.2) is 41.6 Å². The summed E-state index contributed by atoms with van der Waals surface area (Å²) in [5.41, 5.74) is 3.26. The van der Waals surface area contributed by atoms with E-state index >= 15 is 0 Å². The number of fused-ring (bicyclic) bond motifs is 2. The van der Waals surface area contributed by atoms with Crippen molar-refractivity contribution in [2.75, 3.05) is 11.4 Å². The molecule has 0 fully saturated rings. The third-order valence-electron chi connectivity index (χ3n) is 3.77. The van der Waals surface area contributed by atoms with Gasteiger partial charge in [-0.3, -0.25) is 9.78 Å². The van der Waals surface area contributed by atoms with E-state index < -0.39 is 0 Å². The zero-order valence-corrected chi connectivity index (χ0v) is 11.3. The van der Waals surface area contributed by atoms with Gasteiger partial charge in [0, 0.05) is 13.0 Å². The van der Waals surface area contributed by atoms with Crippen LogP contribution in [-0.2, 0) is 13.0 Å². The zero-order valence-electron chi connectivity index (χ0n) is 11.3. The molecule has 1 aromatic carbocycles. The molecule has 4 rings (SSSR count). The minimum absolute atomic E-state index is 0.0709. The minimum atomic E-state index is -0.0709. The summed E-state index contributed by atoms with van der Waals surface area (Å²) < 4.78 is 0. The van der Waals surface area contributed by atoms with Crippen molar-refractivity contribution in [1.82, 2.24) is 19.9 Å². The van der Waals surface area contributed by atoms with Gasteiger partial charge in [0.15, 0.2) is 0 Å². The van der Waals surface area contributed by atoms with Crippen LogP contribution in [0.4, 0.5) is 5.82 Å². The topological polar surface area (TPSA) is 74.8 Å². The van der Waals surface area contributed by atoms with Crippen LogP contribution < -0.4 is 10.5 Å². The van der Waals surface area contributed by atoms with Crippen LogP contribution in [0.5, 0.6) is 0 Å². The molecule has 3 heterocycles. The molecule has 0 saturated carbocycles. The summed E-state index contributed by atoms with van der Waals surface area (Å²) in [6, 6.07) is 7.77. The van der Waals surface area contributed by atoms with Crippen LogP contribution in [-0.4, -0.2) is 26.5 Å². The Balaban J connectivity index is 1.73. The van der Waals surface area contributed by atoms with Gasteiger partial charge in [-0.1, -0.05) is 12.1 Å². The summed E-state index contributed by atoms with van der Waals surface area (Å²) in [7, 11) is 0. The van der Waals surface area contributed by atoms with Gasteiger partial charge >= 0.3 is 0 Å². The van der Waals surface area contributed by atoms with Gasteiger partial charge in [0.05, 0.1) is 41.4 Å². The number of nitrogens with one attached hydrogen (secondary N) is 1. The lowest BCUT2D eigenvalue weighted by Gasteiger charge is -2.28. The summed E-state index contributed by atoms with van der Waals surface area (Å²) in [6.07, 6.45) is 3.97. The number of anilines is 1. The van der Waals surface area contributed by atoms with Crippen LogP contribution >= 0.6 is 0 Å². The second-order valence-electron chi connectivity index (χ2n) is 5.05. The fourth-order valence-electron chi connectivity index (χ4n) is 2.65. The summed E-state index contributed by atoms with van der Waals surface area (Å²) in [5.74, 6) is 0.794. The standard InChI is InChI=1S/C15H13N5O/c21-15-10-8-20(6-5-11(10)17-9-18-15)14-7-16-12-3-1-2-4-13(12)19-14/h1-4,7,9H,5-6,8H2,(H,17,18,21). The number of hydrogen-bond donors (Lipinski definition) is 1. The van der Waals surface area contributed by atoms with E-state index in [1.54, 1.807) is 6.20 Å². The Bertz CT molecular complexity index is 873. The smallest absolute Gasteiger partial charge is 0.255 e. The number of nitrogens with zero attached hydrogens (tertiary/aromatic N) is 4. The molecule has 6 heteroatoms. The van der Waals surface area contributed by atoms with Crippen molar-refractivity contribution in [1.29, 1.82) is 0 Å². The van der Waals surface area contributed by atoms with Gasteiger partial charge in [0.25, 0.3) is 5.56 Å². The van der Waals surface area contributed by atoms with Crippen LogP contribution in [0.1, 0.15) is 11.3 Å². The monoisotopic (exact) mass is 279 g/mol. The van der Waals surface area contributed by atoms with Crippen LogP contribution in [0, 0.1) is 0 Å². The van der Waals surface area contributed by atoms with E-state index in [1.165, 1.54) is 6.33 Å². The molecule has 0 saturated heterocycles. The Morgan fingerprint density at radius 3 is 2.90 bits per heavy atom. The van der Waals surface area contributed by atoms with Crippen LogP contribution in [0.2, 0.25) is 0 Å². The first-order valence-corrected chi connectivity index (χ1v) is 6.83. The van der Waals surface area contributed by atoms with E-state index in [-0.39, 0.29) is 5.56 Å². The number of H-pyrrole nitrogens is 1. The lowest BCUT2D eigenvalue weighted by atomic mass is 10.1. The van der Waals surface area contributed by atoms with Crippen molar-refractivity contribution in [3.63, 3.8) is 0 Å². The predicted octanol–water partition coefficient (Wildman–Crippen LogP) is 1.28. The SMILES string of the molecule is O=c1[nH]cnc2c1CN(c1cnc3ccccc3n1)CC2. The second kappa shape index (κ2) is 4.66. The molecule has 1 aliphatic heterocycles. The first-order chi connectivity index (χ1) is 10.3. The van der Waals surface area contributed by atoms with Gasteiger partial charge in [-0.05, 0) is 12.1 Å². The molecular formula is C15H13N5O. The molecule has 0 atom stereocenters. The molecule has 0 aliphatic carbocycles. The maximum Gasteiger partial charge on any atom is 0.255 e. The summed E-state index contributed by atoms with van der Waals surface area (Å²) in [4.78, 5) is 29.9. The number of aromatic amines is 1. The summed E-state index contributed by atoms with van der Waals surface area (Å²) in [6.45, 7) is 1.31. The quantitative estimate of drug-likeness (QED) is 0.726. The van der Waals surface area contributed by atoms with Crippen LogP contribution in [0.3, 0.4) is 0 Å². The summed E-state index contributed by atoms with van der Waals surface area (Å²) >= 11 is 0. The van der Waals surface area contributed by atoms with E-state index in [0.29, 0.717) is 6.54 Å². The average Bonchev–Trinajstić information content (AvgIpc) is 2.54. The Labute approximate surface area is 120 Å². The number of benzene rings is 1. The highest BCUT2D eigenvalue weighted by molar-refractivity contribution is 5.75. The molecule has 6 nitrogen and oxygen atoms in total. The Morgan fingerprint density at radius 2 is 2.00 bits per heavy atom. The van der Waals surface area contributed by atoms with E-state index in [4.69, 9.17) is 0 Å². The molecular weight excluding hydrogens is 266 g/mol. The van der Waals surface area contributed by atoms with Crippen molar-refractivity contribution < 1.29 is 0 Å². The van der Waals surface area contributed by atoms with Crippen molar-refractivity contribution in [3.05, 3.63) is 58.4 Å². The van der Waals surface area contributed by atoms with Crippen LogP contribution in [0.25, 0.3) is 11.0 Å². The first-order valence-electron chi connectivity index (χ1n) is 6.83. The summed E-state index contributed by atoms with van der Waals surface area (Å²) in [5, 5.41) is 0. The molecule has 1 N–H and O–H groups in total. The van der Waals surface area contributed by atoms with E-state index in [1.807, 2.05) is 24.3 Å². The molecule has 21 heavy (non-hydrogen) atoms. The van der Waals surface area contributed by atoms with E-state index in [2.05, 4.69) is 24.8 Å².